The van der Waals surface area contributed by atoms with E-state index in [1.165, 1.54) is 6.08 Å². The number of carbonyl (C=O) groups excluding carboxylic acids is 2. The van der Waals surface area contributed by atoms with Gasteiger partial charge in [0.15, 0.2) is 0 Å². The predicted molar refractivity (Wildman–Crippen MR) is 110 cm³/mol. The monoisotopic (exact) mass is 376 g/mol. The fourth-order valence-electron chi connectivity index (χ4n) is 2.43. The fraction of sp³-hybridized carbons (Fsp3) is 0. The quantitative estimate of drug-likeness (QED) is 0.598. The molecule has 2 N–H and O–H groups in total. The summed E-state index contributed by atoms with van der Waals surface area (Å²) in [7, 11) is 0. The van der Waals surface area contributed by atoms with Gasteiger partial charge in [0.25, 0.3) is 5.91 Å². The van der Waals surface area contributed by atoms with Crippen LogP contribution in [0.1, 0.15) is 15.9 Å². The first-order valence-electron chi connectivity index (χ1n) is 8.32. The van der Waals surface area contributed by atoms with Crippen LogP contribution in [0.4, 0.5) is 11.4 Å². The van der Waals surface area contributed by atoms with Gasteiger partial charge >= 0.3 is 0 Å². The minimum atomic E-state index is -0.329. The molecule has 0 aliphatic rings. The summed E-state index contributed by atoms with van der Waals surface area (Å²) < 4.78 is 0. The molecule has 5 heteroatoms. The lowest BCUT2D eigenvalue weighted by Crippen LogP contribution is -2.16. The summed E-state index contributed by atoms with van der Waals surface area (Å²) in [5.74, 6) is -0.622. The lowest BCUT2D eigenvalue weighted by atomic mass is 10.1. The van der Waals surface area contributed by atoms with E-state index >= 15 is 0 Å². The molecule has 0 aliphatic carbocycles. The largest absolute Gasteiger partial charge is 0.322 e. The maximum absolute atomic E-state index is 12.5. The van der Waals surface area contributed by atoms with Gasteiger partial charge in [0, 0.05) is 16.8 Å². The van der Waals surface area contributed by atoms with E-state index in [1.54, 1.807) is 54.6 Å². The van der Waals surface area contributed by atoms with Crippen molar-refractivity contribution in [3.63, 3.8) is 0 Å². The van der Waals surface area contributed by atoms with E-state index in [9.17, 15) is 9.59 Å². The number of hydrogen-bond donors (Lipinski definition) is 2. The van der Waals surface area contributed by atoms with Crippen molar-refractivity contribution in [2.45, 2.75) is 0 Å². The second kappa shape index (κ2) is 8.83. The zero-order valence-electron chi connectivity index (χ0n) is 14.4. The molecular formula is C22H17ClN2O2. The average molecular weight is 377 g/mol. The van der Waals surface area contributed by atoms with Crippen LogP contribution in [0, 0.1) is 0 Å². The van der Waals surface area contributed by atoms with Crippen LogP contribution < -0.4 is 10.6 Å². The van der Waals surface area contributed by atoms with Gasteiger partial charge in [-0.1, -0.05) is 54.1 Å². The van der Waals surface area contributed by atoms with Crippen LogP contribution in [0.25, 0.3) is 6.08 Å². The van der Waals surface area contributed by atoms with E-state index in [0.29, 0.717) is 22.0 Å². The smallest absolute Gasteiger partial charge is 0.257 e. The van der Waals surface area contributed by atoms with E-state index < -0.39 is 0 Å². The number of halogens is 1. The summed E-state index contributed by atoms with van der Waals surface area (Å²) in [6, 6.07) is 23.1. The Bertz CT molecular complexity index is 967. The molecule has 0 aromatic heterocycles. The minimum Gasteiger partial charge on any atom is -0.322 e. The molecule has 0 atom stereocenters. The highest BCUT2D eigenvalue weighted by Gasteiger charge is 2.12. The molecule has 0 saturated heterocycles. The second-order valence-electron chi connectivity index (χ2n) is 5.74. The second-order valence-corrected chi connectivity index (χ2v) is 6.18. The lowest BCUT2D eigenvalue weighted by molar-refractivity contribution is -0.111. The van der Waals surface area contributed by atoms with Gasteiger partial charge in [-0.05, 0) is 48.0 Å². The van der Waals surface area contributed by atoms with Crippen molar-refractivity contribution >= 4 is 40.9 Å². The summed E-state index contributed by atoms with van der Waals surface area (Å²) in [6.45, 7) is 0. The van der Waals surface area contributed by atoms with E-state index in [-0.39, 0.29) is 11.8 Å². The van der Waals surface area contributed by atoms with Crippen LogP contribution in [0.5, 0.6) is 0 Å². The van der Waals surface area contributed by atoms with E-state index in [1.807, 2.05) is 30.3 Å². The van der Waals surface area contributed by atoms with Crippen LogP contribution >= 0.6 is 11.6 Å². The molecule has 134 valence electrons. The van der Waals surface area contributed by atoms with Gasteiger partial charge in [0.05, 0.1) is 11.3 Å². The highest BCUT2D eigenvalue weighted by atomic mass is 35.5. The number of nitrogens with one attached hydrogen (secondary N) is 2. The molecule has 3 aromatic rings. The Morgan fingerprint density at radius 1 is 0.778 bits per heavy atom. The van der Waals surface area contributed by atoms with Gasteiger partial charge in [-0.3, -0.25) is 9.59 Å². The summed E-state index contributed by atoms with van der Waals surface area (Å²) >= 11 is 5.85. The topological polar surface area (TPSA) is 58.2 Å². The van der Waals surface area contributed by atoms with Crippen molar-refractivity contribution in [1.82, 2.24) is 0 Å². The van der Waals surface area contributed by atoms with Crippen molar-refractivity contribution in [2.75, 3.05) is 10.6 Å². The summed E-state index contributed by atoms with van der Waals surface area (Å²) in [4.78, 5) is 24.8. The van der Waals surface area contributed by atoms with Crippen LogP contribution in [0.15, 0.2) is 84.9 Å². The molecule has 0 spiro atoms. The van der Waals surface area contributed by atoms with Crippen LogP contribution in [0.3, 0.4) is 0 Å². The van der Waals surface area contributed by atoms with E-state index in [4.69, 9.17) is 11.6 Å². The molecule has 27 heavy (non-hydrogen) atoms. The third-order valence-electron chi connectivity index (χ3n) is 3.76. The summed E-state index contributed by atoms with van der Waals surface area (Å²) in [6.07, 6.45) is 3.09. The first kappa shape index (κ1) is 18.4. The van der Waals surface area contributed by atoms with Gasteiger partial charge in [-0.15, -0.1) is 0 Å². The van der Waals surface area contributed by atoms with Crippen LogP contribution in [-0.4, -0.2) is 11.8 Å². The molecule has 0 fully saturated rings. The number of rotatable bonds is 5. The Morgan fingerprint density at radius 3 is 2.19 bits per heavy atom. The molecule has 0 radical (unpaired) electrons. The first-order valence-corrected chi connectivity index (χ1v) is 8.70. The predicted octanol–water partition coefficient (Wildman–Crippen LogP) is 5.24. The van der Waals surface area contributed by atoms with Gasteiger partial charge < -0.3 is 10.6 Å². The average Bonchev–Trinajstić information content (AvgIpc) is 2.69. The Labute approximate surface area is 162 Å². The maximum atomic E-state index is 12.5. The van der Waals surface area contributed by atoms with E-state index in [0.717, 1.165) is 5.56 Å². The molecule has 3 rings (SSSR count). The van der Waals surface area contributed by atoms with Crippen molar-refractivity contribution in [2.24, 2.45) is 0 Å². The summed E-state index contributed by atoms with van der Waals surface area (Å²) in [5, 5.41) is 6.19. The van der Waals surface area contributed by atoms with Crippen LogP contribution in [-0.2, 0) is 4.79 Å². The Hall–Kier alpha value is -3.37. The first-order chi connectivity index (χ1) is 13.1. The van der Waals surface area contributed by atoms with Crippen molar-refractivity contribution < 1.29 is 9.59 Å². The third kappa shape index (κ3) is 5.30. The molecule has 3 aromatic carbocycles. The standard InChI is InChI=1S/C22H17ClN2O2/c23-17-13-10-16(11-14-17)12-15-21(26)25-20-9-5-4-8-19(20)22(27)24-18-6-2-1-3-7-18/h1-15H,(H,24,27)(H,25,26)/b15-12+. The number of para-hydroxylation sites is 2. The molecular weight excluding hydrogens is 360 g/mol. The number of hydrogen-bond acceptors (Lipinski definition) is 2. The van der Waals surface area contributed by atoms with Gasteiger partial charge in [0.2, 0.25) is 5.91 Å². The Morgan fingerprint density at radius 2 is 1.44 bits per heavy atom. The van der Waals surface area contributed by atoms with Crippen LogP contribution in [0.2, 0.25) is 5.02 Å². The molecule has 4 nitrogen and oxygen atoms in total. The van der Waals surface area contributed by atoms with Crippen molar-refractivity contribution in [3.05, 3.63) is 101 Å². The molecule has 2 amide bonds. The number of anilines is 2. The van der Waals surface area contributed by atoms with Crippen molar-refractivity contribution in [3.8, 4) is 0 Å². The fourth-order valence-corrected chi connectivity index (χ4v) is 2.56. The SMILES string of the molecule is O=C(/C=C/c1ccc(Cl)cc1)Nc1ccccc1C(=O)Nc1ccccc1. The Kier molecular flexibility index (Phi) is 6.02. The molecule has 0 heterocycles. The minimum absolute atomic E-state index is 0.293. The van der Waals surface area contributed by atoms with Crippen molar-refractivity contribution in [1.29, 1.82) is 0 Å². The zero-order chi connectivity index (χ0) is 19.1. The molecule has 0 bridgehead atoms. The highest BCUT2D eigenvalue weighted by Crippen LogP contribution is 2.18. The van der Waals surface area contributed by atoms with Gasteiger partial charge in [-0.25, -0.2) is 0 Å². The third-order valence-corrected chi connectivity index (χ3v) is 4.01. The number of benzene rings is 3. The lowest BCUT2D eigenvalue weighted by Gasteiger charge is -2.10. The van der Waals surface area contributed by atoms with E-state index in [2.05, 4.69) is 10.6 Å². The Balaban J connectivity index is 1.70. The number of amides is 2. The maximum Gasteiger partial charge on any atom is 0.257 e. The number of carbonyl (C=O) groups is 2. The molecule has 0 saturated carbocycles. The van der Waals surface area contributed by atoms with Gasteiger partial charge in [0.1, 0.15) is 0 Å². The summed E-state index contributed by atoms with van der Waals surface area (Å²) in [5.41, 5.74) is 2.36. The highest BCUT2D eigenvalue weighted by molar-refractivity contribution is 6.30. The molecule has 0 aliphatic heterocycles. The zero-order valence-corrected chi connectivity index (χ0v) is 15.1. The van der Waals surface area contributed by atoms with Gasteiger partial charge in [-0.2, -0.15) is 0 Å². The molecule has 0 unspecified atom stereocenters. The normalized spacial score (nSPS) is 10.6.